The first-order chi connectivity index (χ1) is 18.8. The van der Waals surface area contributed by atoms with Gasteiger partial charge in [-0.25, -0.2) is 0 Å². The molecular weight excluding hydrogens is 514 g/mol. The van der Waals surface area contributed by atoms with Crippen LogP contribution in [0.2, 0.25) is 5.02 Å². The minimum absolute atomic E-state index is 0.0819. The molecule has 0 bridgehead atoms. The highest BCUT2D eigenvalue weighted by Crippen LogP contribution is 2.50. The first kappa shape index (κ1) is 26.4. The molecule has 198 valence electrons. The number of ether oxygens (including phenoxy) is 2. The van der Waals surface area contributed by atoms with Crippen molar-refractivity contribution in [1.82, 2.24) is 4.90 Å². The second-order valence-corrected chi connectivity index (χ2v) is 9.80. The summed E-state index contributed by atoms with van der Waals surface area (Å²) in [4.78, 5) is 31.5. The van der Waals surface area contributed by atoms with Crippen molar-refractivity contribution >= 4 is 29.1 Å². The molecule has 1 heterocycles. The van der Waals surface area contributed by atoms with Crippen molar-refractivity contribution in [3.05, 3.63) is 129 Å². The first-order valence-electron chi connectivity index (χ1n) is 12.4. The van der Waals surface area contributed by atoms with Crippen LogP contribution in [0.4, 0.5) is 0 Å². The molecule has 3 aromatic rings. The number of halogens is 1. The Kier molecular flexibility index (Phi) is 7.12. The van der Waals surface area contributed by atoms with Gasteiger partial charge in [0.25, 0.3) is 0 Å². The second kappa shape index (κ2) is 10.5. The molecule has 0 fully saturated rings. The van der Waals surface area contributed by atoms with E-state index in [1.54, 1.807) is 44.4 Å². The molecule has 0 aromatic heterocycles. The molecule has 7 nitrogen and oxygen atoms in total. The largest absolute Gasteiger partial charge is 0.499 e. The summed E-state index contributed by atoms with van der Waals surface area (Å²) >= 11 is 6.31. The highest BCUT2D eigenvalue weighted by Gasteiger charge is 2.52. The lowest BCUT2D eigenvalue weighted by molar-refractivity contribution is -0.126. The number of fused-ring (bicyclic) bond motifs is 1. The average molecular weight is 542 g/mol. The highest BCUT2D eigenvalue weighted by molar-refractivity contribution is 6.30. The molecule has 2 amide bonds. The Hall–Kier alpha value is -4.20. The third-order valence-electron chi connectivity index (χ3n) is 7.33. The lowest BCUT2D eigenvalue weighted by atomic mass is 9.64. The maximum atomic E-state index is 13.1. The van der Waals surface area contributed by atoms with Gasteiger partial charge in [0, 0.05) is 30.3 Å². The fourth-order valence-electron chi connectivity index (χ4n) is 5.50. The summed E-state index contributed by atoms with van der Waals surface area (Å²) in [6, 6.07) is 24.4. The van der Waals surface area contributed by atoms with Crippen LogP contribution in [-0.4, -0.2) is 56.3 Å². The summed E-state index contributed by atoms with van der Waals surface area (Å²) in [5.41, 5.74) is 9.15. The fourth-order valence-corrected chi connectivity index (χ4v) is 5.63. The van der Waals surface area contributed by atoms with Gasteiger partial charge in [-0.3, -0.25) is 14.6 Å². The number of nitrogens with two attached hydrogens (primary N) is 1. The molecule has 0 saturated carbocycles. The van der Waals surface area contributed by atoms with Crippen LogP contribution in [0.25, 0.3) is 0 Å². The number of aliphatic imine (C=N–C) groups is 1. The summed E-state index contributed by atoms with van der Waals surface area (Å²) in [5, 5.41) is 0.597. The van der Waals surface area contributed by atoms with E-state index in [1.165, 1.54) is 0 Å². The lowest BCUT2D eigenvalue weighted by Gasteiger charge is -2.45. The van der Waals surface area contributed by atoms with Crippen molar-refractivity contribution in [2.45, 2.75) is 11.5 Å². The van der Waals surface area contributed by atoms with Crippen molar-refractivity contribution in [2.75, 3.05) is 27.8 Å². The topological polar surface area (TPSA) is 94.2 Å². The summed E-state index contributed by atoms with van der Waals surface area (Å²) in [7, 11) is 4.96. The van der Waals surface area contributed by atoms with Gasteiger partial charge in [0.05, 0.1) is 30.2 Å². The highest BCUT2D eigenvalue weighted by atomic mass is 35.5. The predicted molar refractivity (Wildman–Crippen MR) is 151 cm³/mol. The van der Waals surface area contributed by atoms with E-state index in [-0.39, 0.29) is 12.5 Å². The quantitative estimate of drug-likeness (QED) is 0.497. The minimum Gasteiger partial charge on any atom is -0.499 e. The molecule has 2 unspecified atom stereocenters. The number of carbonyl (C=O) groups is 2. The zero-order valence-electron chi connectivity index (χ0n) is 21.9. The molecule has 0 spiro atoms. The second-order valence-electron chi connectivity index (χ2n) is 9.36. The SMILES string of the molecule is COC1=C2C(=CC(OC)C1(c1ccccc1)c1ccc(Cl)cc1)N(C)C(=O)CN=C2c1cccc(C(N)=O)c1. The maximum absolute atomic E-state index is 13.1. The molecule has 2 atom stereocenters. The Morgan fingerprint density at radius 1 is 1.03 bits per heavy atom. The van der Waals surface area contributed by atoms with E-state index in [1.807, 2.05) is 66.7 Å². The van der Waals surface area contributed by atoms with Gasteiger partial charge in [0.2, 0.25) is 11.8 Å². The van der Waals surface area contributed by atoms with E-state index in [9.17, 15) is 9.59 Å². The number of allylic oxidation sites excluding steroid dienone is 1. The van der Waals surface area contributed by atoms with Gasteiger partial charge in [-0.15, -0.1) is 0 Å². The molecule has 5 rings (SSSR count). The number of amides is 2. The Bertz CT molecular complexity index is 1530. The van der Waals surface area contributed by atoms with Gasteiger partial charge in [0.15, 0.2) is 0 Å². The standard InChI is InChI=1S/C31H28ClN3O4/c1-35-24-17-25(38-2)31(21-10-5-4-6-11-21,22-12-14-23(32)15-13-22)29(39-3)27(24)28(34-18-26(35)36)19-8-7-9-20(16-19)30(33)37/h4-17,25H,18H2,1-3H3,(H2,33,37). The van der Waals surface area contributed by atoms with Crippen LogP contribution >= 0.6 is 11.6 Å². The Morgan fingerprint density at radius 3 is 2.36 bits per heavy atom. The zero-order chi connectivity index (χ0) is 27.7. The third-order valence-corrected chi connectivity index (χ3v) is 7.58. The van der Waals surface area contributed by atoms with Crippen molar-refractivity contribution in [3.63, 3.8) is 0 Å². The number of nitrogens with zero attached hydrogens (tertiary/aromatic N) is 2. The molecule has 0 saturated heterocycles. The van der Waals surface area contributed by atoms with Crippen molar-refractivity contribution in [2.24, 2.45) is 10.7 Å². The molecule has 8 heteroatoms. The van der Waals surface area contributed by atoms with Gasteiger partial charge < -0.3 is 20.1 Å². The molecule has 2 N–H and O–H groups in total. The number of primary amides is 1. The summed E-state index contributed by atoms with van der Waals surface area (Å²) < 4.78 is 12.5. The van der Waals surface area contributed by atoms with Crippen molar-refractivity contribution in [3.8, 4) is 0 Å². The Balaban J connectivity index is 1.91. The van der Waals surface area contributed by atoms with Gasteiger partial charge in [0.1, 0.15) is 17.7 Å². The molecule has 39 heavy (non-hydrogen) atoms. The zero-order valence-corrected chi connectivity index (χ0v) is 22.6. The van der Waals surface area contributed by atoms with Gasteiger partial charge >= 0.3 is 0 Å². The first-order valence-corrected chi connectivity index (χ1v) is 12.8. The molecule has 1 aliphatic heterocycles. The molecule has 2 aliphatic rings. The Labute approximate surface area is 232 Å². The number of hydrogen-bond donors (Lipinski definition) is 1. The van der Waals surface area contributed by atoms with Gasteiger partial charge in [-0.2, -0.15) is 0 Å². The van der Waals surface area contributed by atoms with Gasteiger partial charge in [-0.05, 0) is 41.5 Å². The number of hydrogen-bond acceptors (Lipinski definition) is 5. The van der Waals surface area contributed by atoms with E-state index in [2.05, 4.69) is 0 Å². The number of carbonyl (C=O) groups excluding carboxylic acids is 2. The fraction of sp³-hybridized carbons (Fsp3) is 0.194. The van der Waals surface area contributed by atoms with E-state index in [0.717, 1.165) is 11.1 Å². The van der Waals surface area contributed by atoms with Crippen LogP contribution in [-0.2, 0) is 19.7 Å². The average Bonchev–Trinajstić information content (AvgIpc) is 3.08. The molecule has 3 aromatic carbocycles. The predicted octanol–water partition coefficient (Wildman–Crippen LogP) is 4.50. The molecular formula is C31H28ClN3O4. The smallest absolute Gasteiger partial charge is 0.248 e. The number of rotatable bonds is 6. The van der Waals surface area contributed by atoms with Crippen LogP contribution in [0.3, 0.4) is 0 Å². The van der Waals surface area contributed by atoms with Crippen LogP contribution in [0.15, 0.2) is 107 Å². The molecule has 0 radical (unpaired) electrons. The van der Waals surface area contributed by atoms with E-state index in [4.69, 9.17) is 31.8 Å². The van der Waals surface area contributed by atoms with E-state index in [0.29, 0.717) is 38.9 Å². The number of methoxy groups -OCH3 is 2. The van der Waals surface area contributed by atoms with Crippen LogP contribution < -0.4 is 5.73 Å². The maximum Gasteiger partial charge on any atom is 0.248 e. The Morgan fingerprint density at radius 2 is 1.72 bits per heavy atom. The lowest BCUT2D eigenvalue weighted by Crippen LogP contribution is -2.48. The minimum atomic E-state index is -0.968. The van der Waals surface area contributed by atoms with E-state index >= 15 is 0 Å². The summed E-state index contributed by atoms with van der Waals surface area (Å²) in [6.45, 7) is -0.0819. The monoisotopic (exact) mass is 541 g/mol. The van der Waals surface area contributed by atoms with Crippen LogP contribution in [0, 0.1) is 0 Å². The van der Waals surface area contributed by atoms with Crippen molar-refractivity contribution < 1.29 is 19.1 Å². The van der Waals surface area contributed by atoms with E-state index < -0.39 is 17.4 Å². The number of likely N-dealkylation sites (N-methyl/N-ethyl adjacent to an activating group) is 1. The summed E-state index contributed by atoms with van der Waals surface area (Å²) in [6.07, 6.45) is 1.37. The third kappa shape index (κ3) is 4.33. The summed E-state index contributed by atoms with van der Waals surface area (Å²) in [5.74, 6) is -0.201. The molecule has 1 aliphatic carbocycles. The van der Waals surface area contributed by atoms with Crippen LogP contribution in [0.5, 0.6) is 0 Å². The van der Waals surface area contributed by atoms with Crippen molar-refractivity contribution in [1.29, 1.82) is 0 Å². The van der Waals surface area contributed by atoms with Crippen LogP contribution in [0.1, 0.15) is 27.0 Å². The number of benzene rings is 3. The normalized spacial score (nSPS) is 21.1. The van der Waals surface area contributed by atoms with Gasteiger partial charge in [-0.1, -0.05) is 66.2 Å².